The number of imidazole rings is 1. The summed E-state index contributed by atoms with van der Waals surface area (Å²) in [5.41, 5.74) is 3.13. The standard InChI is InChI=1S/C15H12FN3/c16-15-6-5-14(9-18-15)13-3-1-12(2-4-13)10-19-8-7-17-11-19/h1-9,11H,10H2. The van der Waals surface area contributed by atoms with E-state index in [1.807, 2.05) is 22.9 Å². The zero-order valence-electron chi connectivity index (χ0n) is 10.2. The topological polar surface area (TPSA) is 30.7 Å². The SMILES string of the molecule is Fc1ccc(-c2ccc(Cn3ccnc3)cc2)cn1. The minimum Gasteiger partial charge on any atom is -0.333 e. The van der Waals surface area contributed by atoms with Crippen molar-refractivity contribution in [2.24, 2.45) is 0 Å². The highest BCUT2D eigenvalue weighted by atomic mass is 19.1. The molecule has 3 aromatic rings. The van der Waals surface area contributed by atoms with Crippen LogP contribution in [0, 0.1) is 5.95 Å². The number of hydrogen-bond acceptors (Lipinski definition) is 2. The molecule has 2 heterocycles. The van der Waals surface area contributed by atoms with Crippen LogP contribution in [0.4, 0.5) is 4.39 Å². The predicted molar refractivity (Wildman–Crippen MR) is 71.0 cm³/mol. The minimum atomic E-state index is -0.458. The molecule has 0 amide bonds. The Balaban J connectivity index is 1.80. The third-order valence-electron chi connectivity index (χ3n) is 2.94. The van der Waals surface area contributed by atoms with Crippen molar-refractivity contribution in [2.45, 2.75) is 6.54 Å². The summed E-state index contributed by atoms with van der Waals surface area (Å²) in [5, 5.41) is 0. The highest BCUT2D eigenvalue weighted by Gasteiger charge is 2.00. The van der Waals surface area contributed by atoms with Crippen LogP contribution in [-0.2, 0) is 6.54 Å². The second kappa shape index (κ2) is 5.02. The third-order valence-corrected chi connectivity index (χ3v) is 2.94. The summed E-state index contributed by atoms with van der Waals surface area (Å²) in [4.78, 5) is 7.67. The monoisotopic (exact) mass is 253 g/mol. The maximum absolute atomic E-state index is 12.8. The largest absolute Gasteiger partial charge is 0.333 e. The average molecular weight is 253 g/mol. The van der Waals surface area contributed by atoms with Crippen molar-refractivity contribution < 1.29 is 4.39 Å². The second-order valence-electron chi connectivity index (χ2n) is 4.30. The van der Waals surface area contributed by atoms with Gasteiger partial charge in [0.2, 0.25) is 5.95 Å². The highest BCUT2D eigenvalue weighted by Crippen LogP contribution is 2.19. The van der Waals surface area contributed by atoms with Gasteiger partial charge >= 0.3 is 0 Å². The van der Waals surface area contributed by atoms with Gasteiger partial charge in [-0.3, -0.25) is 0 Å². The van der Waals surface area contributed by atoms with Crippen LogP contribution >= 0.6 is 0 Å². The summed E-state index contributed by atoms with van der Waals surface area (Å²) < 4.78 is 14.8. The second-order valence-corrected chi connectivity index (χ2v) is 4.30. The van der Waals surface area contributed by atoms with E-state index in [1.165, 1.54) is 11.6 Å². The molecule has 2 aromatic heterocycles. The molecule has 0 radical (unpaired) electrons. The number of rotatable bonds is 3. The summed E-state index contributed by atoms with van der Waals surface area (Å²) >= 11 is 0. The average Bonchev–Trinajstić information content (AvgIpc) is 2.94. The smallest absolute Gasteiger partial charge is 0.212 e. The number of halogens is 1. The van der Waals surface area contributed by atoms with Crippen LogP contribution in [0.2, 0.25) is 0 Å². The zero-order valence-corrected chi connectivity index (χ0v) is 10.2. The maximum atomic E-state index is 12.8. The first kappa shape index (κ1) is 11.6. The molecule has 3 nitrogen and oxygen atoms in total. The lowest BCUT2D eigenvalue weighted by Gasteiger charge is -2.05. The van der Waals surface area contributed by atoms with E-state index in [9.17, 15) is 4.39 Å². The van der Waals surface area contributed by atoms with Crippen LogP contribution in [0.5, 0.6) is 0 Å². The maximum Gasteiger partial charge on any atom is 0.212 e. The fraction of sp³-hybridized carbons (Fsp3) is 0.0667. The predicted octanol–water partition coefficient (Wildman–Crippen LogP) is 3.13. The van der Waals surface area contributed by atoms with E-state index in [2.05, 4.69) is 22.1 Å². The normalized spacial score (nSPS) is 10.6. The molecular weight excluding hydrogens is 241 g/mol. The Hall–Kier alpha value is -2.49. The molecule has 19 heavy (non-hydrogen) atoms. The fourth-order valence-corrected chi connectivity index (χ4v) is 1.94. The third kappa shape index (κ3) is 2.68. The van der Waals surface area contributed by atoms with Crippen LogP contribution in [0.25, 0.3) is 11.1 Å². The number of benzene rings is 1. The van der Waals surface area contributed by atoms with Gasteiger partial charge in [0, 0.05) is 30.7 Å². The molecule has 0 aliphatic carbocycles. The van der Waals surface area contributed by atoms with Gasteiger partial charge in [-0.25, -0.2) is 9.97 Å². The van der Waals surface area contributed by atoms with Gasteiger partial charge in [-0.15, -0.1) is 0 Å². The molecule has 0 atom stereocenters. The van der Waals surface area contributed by atoms with Gasteiger partial charge in [-0.2, -0.15) is 4.39 Å². The lowest BCUT2D eigenvalue weighted by Crippen LogP contribution is -1.95. The molecule has 0 aliphatic heterocycles. The summed E-state index contributed by atoms with van der Waals surface area (Å²) in [5.74, 6) is -0.458. The van der Waals surface area contributed by atoms with Gasteiger partial charge in [0.05, 0.1) is 6.33 Å². The molecule has 1 aromatic carbocycles. The number of aromatic nitrogens is 3. The first-order valence-electron chi connectivity index (χ1n) is 5.98. The van der Waals surface area contributed by atoms with Crippen LogP contribution in [-0.4, -0.2) is 14.5 Å². The molecule has 4 heteroatoms. The van der Waals surface area contributed by atoms with Crippen LogP contribution in [0.1, 0.15) is 5.56 Å². The van der Waals surface area contributed by atoms with E-state index in [0.29, 0.717) is 0 Å². The molecular formula is C15H12FN3. The lowest BCUT2D eigenvalue weighted by atomic mass is 10.1. The number of hydrogen-bond donors (Lipinski definition) is 0. The molecule has 0 unspecified atom stereocenters. The van der Waals surface area contributed by atoms with Gasteiger partial charge in [-0.05, 0) is 23.3 Å². The molecule has 0 N–H and O–H groups in total. The van der Waals surface area contributed by atoms with Crippen molar-refractivity contribution in [2.75, 3.05) is 0 Å². The highest BCUT2D eigenvalue weighted by molar-refractivity contribution is 5.62. The van der Waals surface area contributed by atoms with Crippen molar-refractivity contribution in [1.82, 2.24) is 14.5 Å². The van der Waals surface area contributed by atoms with E-state index in [4.69, 9.17) is 0 Å². The van der Waals surface area contributed by atoms with Gasteiger partial charge in [0.15, 0.2) is 0 Å². The number of nitrogens with zero attached hydrogens (tertiary/aromatic N) is 3. The van der Waals surface area contributed by atoms with E-state index in [-0.39, 0.29) is 0 Å². The van der Waals surface area contributed by atoms with E-state index < -0.39 is 5.95 Å². The zero-order chi connectivity index (χ0) is 13.1. The van der Waals surface area contributed by atoms with Crippen molar-refractivity contribution in [3.63, 3.8) is 0 Å². The minimum absolute atomic E-state index is 0.458. The Bertz CT molecular complexity index is 643. The Morgan fingerprint density at radius 2 is 1.79 bits per heavy atom. The van der Waals surface area contributed by atoms with Crippen LogP contribution < -0.4 is 0 Å². The first-order valence-corrected chi connectivity index (χ1v) is 5.98. The molecule has 0 saturated heterocycles. The van der Waals surface area contributed by atoms with Crippen molar-refractivity contribution in [3.05, 3.63) is 72.8 Å². The Morgan fingerprint density at radius 3 is 2.42 bits per heavy atom. The van der Waals surface area contributed by atoms with Crippen molar-refractivity contribution >= 4 is 0 Å². The van der Waals surface area contributed by atoms with E-state index >= 15 is 0 Å². The van der Waals surface area contributed by atoms with E-state index in [0.717, 1.165) is 17.7 Å². The lowest BCUT2D eigenvalue weighted by molar-refractivity contribution is 0.584. The summed E-state index contributed by atoms with van der Waals surface area (Å²) in [6, 6.07) is 11.2. The van der Waals surface area contributed by atoms with Crippen LogP contribution in [0.15, 0.2) is 61.3 Å². The Labute approximate surface area is 110 Å². The van der Waals surface area contributed by atoms with Crippen molar-refractivity contribution in [1.29, 1.82) is 0 Å². The van der Waals surface area contributed by atoms with Gasteiger partial charge < -0.3 is 4.57 Å². The quantitative estimate of drug-likeness (QED) is 0.671. The molecule has 0 fully saturated rings. The van der Waals surface area contributed by atoms with Gasteiger partial charge in [0.1, 0.15) is 0 Å². The summed E-state index contributed by atoms with van der Waals surface area (Å²) in [6.07, 6.45) is 7.02. The molecule has 0 spiro atoms. The summed E-state index contributed by atoms with van der Waals surface area (Å²) in [6.45, 7) is 0.794. The van der Waals surface area contributed by atoms with Crippen LogP contribution in [0.3, 0.4) is 0 Å². The molecule has 0 bridgehead atoms. The molecule has 3 rings (SSSR count). The van der Waals surface area contributed by atoms with E-state index in [1.54, 1.807) is 24.8 Å². The van der Waals surface area contributed by atoms with Gasteiger partial charge in [0.25, 0.3) is 0 Å². The number of pyridine rings is 1. The molecule has 0 saturated carbocycles. The van der Waals surface area contributed by atoms with Crippen molar-refractivity contribution in [3.8, 4) is 11.1 Å². The molecule has 94 valence electrons. The Kier molecular flexibility index (Phi) is 3.06. The summed E-state index contributed by atoms with van der Waals surface area (Å²) in [7, 11) is 0. The fourth-order valence-electron chi connectivity index (χ4n) is 1.94. The molecule has 0 aliphatic rings. The Morgan fingerprint density at radius 1 is 1.00 bits per heavy atom. The first-order chi connectivity index (χ1) is 9.31. The van der Waals surface area contributed by atoms with Gasteiger partial charge in [-0.1, -0.05) is 24.3 Å².